The summed E-state index contributed by atoms with van der Waals surface area (Å²) in [5.41, 5.74) is -1.38. The van der Waals surface area contributed by atoms with Crippen molar-refractivity contribution >= 4 is 11.6 Å². The Hall–Kier alpha value is -3.52. The Morgan fingerprint density at radius 1 is 1.11 bits per heavy atom. The van der Waals surface area contributed by atoms with Gasteiger partial charge in [-0.05, 0) is 38.0 Å². The number of benzene rings is 2. The molecule has 0 aliphatic rings. The number of carbonyl (C=O) groups is 1. The summed E-state index contributed by atoms with van der Waals surface area (Å²) in [4.78, 5) is 13.2. The van der Waals surface area contributed by atoms with Gasteiger partial charge in [0.1, 0.15) is 29.3 Å². The molecule has 208 valence electrons. The third kappa shape index (κ3) is 9.74. The van der Waals surface area contributed by atoms with Crippen LogP contribution in [0.4, 0.5) is 23.2 Å². The predicted molar refractivity (Wildman–Crippen MR) is 137 cm³/mol. The zero-order valence-corrected chi connectivity index (χ0v) is 21.9. The molecule has 2 aromatic rings. The summed E-state index contributed by atoms with van der Waals surface area (Å²) in [6, 6.07) is 9.89. The number of methoxy groups -OCH3 is 1. The van der Waals surface area contributed by atoms with Crippen LogP contribution in [-0.4, -0.2) is 50.1 Å². The molecule has 1 amide bonds. The normalized spacial score (nSPS) is 14.1. The molecule has 2 aromatic carbocycles. The third-order valence-corrected chi connectivity index (χ3v) is 5.69. The van der Waals surface area contributed by atoms with Crippen molar-refractivity contribution in [2.24, 2.45) is 0 Å². The highest BCUT2D eigenvalue weighted by atomic mass is 19.4. The molecule has 0 saturated carbocycles. The number of amides is 1. The van der Waals surface area contributed by atoms with Crippen molar-refractivity contribution in [3.8, 4) is 17.6 Å². The van der Waals surface area contributed by atoms with Crippen LogP contribution in [0.25, 0.3) is 0 Å². The van der Waals surface area contributed by atoms with E-state index in [9.17, 15) is 22.4 Å². The highest BCUT2D eigenvalue weighted by Crippen LogP contribution is 2.34. The van der Waals surface area contributed by atoms with Crippen molar-refractivity contribution in [2.45, 2.75) is 63.6 Å². The summed E-state index contributed by atoms with van der Waals surface area (Å²) in [6.07, 6.45) is -4.71. The van der Waals surface area contributed by atoms with Gasteiger partial charge in [-0.2, -0.15) is 18.4 Å². The fraction of sp³-hybridized carbons (Fsp3) is 0.481. The molecule has 7 nitrogen and oxygen atoms in total. The summed E-state index contributed by atoms with van der Waals surface area (Å²) in [5.74, 6) is 0.146. The Bertz CT molecular complexity index is 1070. The molecule has 3 N–H and O–H groups in total. The van der Waals surface area contributed by atoms with Crippen molar-refractivity contribution in [1.82, 2.24) is 10.6 Å². The lowest BCUT2D eigenvalue weighted by atomic mass is 9.97. The van der Waals surface area contributed by atoms with Gasteiger partial charge in [0, 0.05) is 25.1 Å². The smallest absolute Gasteiger partial charge is 0.407 e. The molecule has 0 aliphatic carbocycles. The van der Waals surface area contributed by atoms with E-state index in [1.165, 1.54) is 45.2 Å². The lowest BCUT2D eigenvalue weighted by Gasteiger charge is -2.31. The second-order valence-electron chi connectivity index (χ2n) is 9.33. The zero-order valence-electron chi connectivity index (χ0n) is 21.9. The molecule has 0 unspecified atom stereocenters. The highest BCUT2D eigenvalue weighted by molar-refractivity contribution is 5.82. The Labute approximate surface area is 220 Å². The van der Waals surface area contributed by atoms with E-state index in [-0.39, 0.29) is 18.7 Å². The number of nitriles is 1. The minimum absolute atomic E-state index is 0.0718. The first kappa shape index (κ1) is 30.7. The average molecular weight is 539 g/mol. The summed E-state index contributed by atoms with van der Waals surface area (Å²) >= 11 is 0. The molecule has 0 radical (unpaired) electrons. The van der Waals surface area contributed by atoms with Gasteiger partial charge in [0.15, 0.2) is 6.61 Å². The standard InChI is InChI=1S/C27H34F4N4O3/c1-5-19(17-33-21-12-11-20(38-14-13-32)15-23(21)37-4)34-25(36)22(16-26(2,3)28)35-24(27(29,30)31)18-9-7-6-8-10-18/h6-12,15,19,22,24,33,35H,5,14,16-17H2,1-4H3,(H,34,36)/t19-,22-,24-/m0/s1. The number of halogens is 4. The molecule has 0 bridgehead atoms. The van der Waals surface area contributed by atoms with Crippen LogP contribution in [0.15, 0.2) is 48.5 Å². The average Bonchev–Trinajstić information content (AvgIpc) is 2.86. The number of carbonyl (C=O) groups excluding carboxylic acids is 1. The molecule has 0 heterocycles. The fourth-order valence-corrected chi connectivity index (χ4v) is 3.79. The highest BCUT2D eigenvalue weighted by Gasteiger charge is 2.43. The maximum absolute atomic E-state index is 14.6. The number of anilines is 1. The number of ether oxygens (including phenoxy) is 2. The maximum atomic E-state index is 14.6. The largest absolute Gasteiger partial charge is 0.494 e. The zero-order chi connectivity index (χ0) is 28.3. The van der Waals surface area contributed by atoms with Gasteiger partial charge in [-0.3, -0.25) is 10.1 Å². The molecular formula is C27H34F4N4O3. The van der Waals surface area contributed by atoms with Crippen molar-refractivity contribution in [2.75, 3.05) is 25.6 Å². The molecule has 0 saturated heterocycles. The number of rotatable bonds is 14. The van der Waals surface area contributed by atoms with E-state index in [0.29, 0.717) is 23.6 Å². The van der Waals surface area contributed by atoms with Crippen LogP contribution in [0.1, 0.15) is 45.2 Å². The van der Waals surface area contributed by atoms with Gasteiger partial charge in [0.05, 0.1) is 18.8 Å². The van der Waals surface area contributed by atoms with Gasteiger partial charge in [-0.1, -0.05) is 37.3 Å². The lowest BCUT2D eigenvalue weighted by molar-refractivity contribution is -0.161. The molecule has 2 rings (SSSR count). The number of nitrogens with zero attached hydrogens (tertiary/aromatic N) is 1. The molecule has 11 heteroatoms. The van der Waals surface area contributed by atoms with Crippen LogP contribution in [0, 0.1) is 11.3 Å². The summed E-state index contributed by atoms with van der Waals surface area (Å²) < 4.78 is 67.0. The van der Waals surface area contributed by atoms with Crippen LogP contribution < -0.4 is 25.4 Å². The van der Waals surface area contributed by atoms with E-state index >= 15 is 0 Å². The summed E-state index contributed by atoms with van der Waals surface area (Å²) in [7, 11) is 1.46. The summed E-state index contributed by atoms with van der Waals surface area (Å²) in [5, 5.41) is 16.9. The quantitative estimate of drug-likeness (QED) is 0.283. The van der Waals surface area contributed by atoms with E-state index in [1.807, 2.05) is 13.0 Å². The number of hydrogen-bond acceptors (Lipinski definition) is 6. The van der Waals surface area contributed by atoms with Crippen LogP contribution in [-0.2, 0) is 4.79 Å². The number of hydrogen-bond donors (Lipinski definition) is 3. The SMILES string of the molecule is CC[C@@H](CNc1ccc(OCC#N)cc1OC)NC(=O)[C@H](CC(C)(C)F)N[C@@H](c1ccccc1)C(F)(F)F. The lowest BCUT2D eigenvalue weighted by Crippen LogP contribution is -2.53. The first-order valence-electron chi connectivity index (χ1n) is 12.2. The van der Waals surface area contributed by atoms with Gasteiger partial charge >= 0.3 is 6.18 Å². The van der Waals surface area contributed by atoms with Crippen LogP contribution >= 0.6 is 0 Å². The van der Waals surface area contributed by atoms with Crippen LogP contribution in [0.2, 0.25) is 0 Å². The molecular weight excluding hydrogens is 504 g/mol. The Kier molecular flexibility index (Phi) is 11.2. The van der Waals surface area contributed by atoms with Crippen LogP contribution in [0.3, 0.4) is 0 Å². The minimum atomic E-state index is -4.70. The Morgan fingerprint density at radius 2 is 1.79 bits per heavy atom. The minimum Gasteiger partial charge on any atom is -0.494 e. The Balaban J connectivity index is 2.16. The topological polar surface area (TPSA) is 95.4 Å². The monoisotopic (exact) mass is 538 g/mol. The van der Waals surface area contributed by atoms with Gasteiger partial charge < -0.3 is 20.1 Å². The molecule has 0 aliphatic heterocycles. The van der Waals surface area contributed by atoms with Crippen molar-refractivity contribution in [1.29, 1.82) is 5.26 Å². The molecule has 0 spiro atoms. The molecule has 0 fully saturated rings. The third-order valence-electron chi connectivity index (χ3n) is 5.69. The molecule has 0 aromatic heterocycles. The maximum Gasteiger partial charge on any atom is 0.407 e. The van der Waals surface area contributed by atoms with Gasteiger partial charge in [0.25, 0.3) is 0 Å². The second kappa shape index (κ2) is 13.9. The van der Waals surface area contributed by atoms with Gasteiger partial charge in [0.2, 0.25) is 5.91 Å². The summed E-state index contributed by atoms with van der Waals surface area (Å²) in [6.45, 7) is 4.35. The van der Waals surface area contributed by atoms with Crippen molar-refractivity contribution < 1.29 is 31.8 Å². The van der Waals surface area contributed by atoms with E-state index in [2.05, 4.69) is 16.0 Å². The van der Waals surface area contributed by atoms with E-state index in [0.717, 1.165) is 0 Å². The predicted octanol–water partition coefficient (Wildman–Crippen LogP) is 5.30. The van der Waals surface area contributed by atoms with Crippen molar-refractivity contribution in [3.05, 3.63) is 54.1 Å². The number of alkyl halides is 4. The first-order valence-corrected chi connectivity index (χ1v) is 12.2. The number of nitrogens with one attached hydrogen (secondary N) is 3. The first-order chi connectivity index (χ1) is 17.9. The van der Waals surface area contributed by atoms with E-state index < -0.39 is 42.3 Å². The van der Waals surface area contributed by atoms with E-state index in [1.54, 1.807) is 24.3 Å². The van der Waals surface area contributed by atoms with Gasteiger partial charge in [-0.25, -0.2) is 4.39 Å². The van der Waals surface area contributed by atoms with E-state index in [4.69, 9.17) is 14.7 Å². The molecule has 3 atom stereocenters. The fourth-order valence-electron chi connectivity index (χ4n) is 3.79. The second-order valence-corrected chi connectivity index (χ2v) is 9.33. The van der Waals surface area contributed by atoms with Gasteiger partial charge in [-0.15, -0.1) is 0 Å². The molecule has 38 heavy (non-hydrogen) atoms. The van der Waals surface area contributed by atoms with Crippen molar-refractivity contribution in [3.63, 3.8) is 0 Å². The van der Waals surface area contributed by atoms with Crippen LogP contribution in [0.5, 0.6) is 11.5 Å². The Morgan fingerprint density at radius 3 is 2.34 bits per heavy atom.